The number of rotatable bonds is 4. The van der Waals surface area contributed by atoms with E-state index in [9.17, 15) is 9.59 Å². The highest BCUT2D eigenvalue weighted by atomic mass is 127. The number of cyclic esters (lactones) is 1. The first-order valence-electron chi connectivity index (χ1n) is 8.50. The minimum atomic E-state index is -0.547. The number of halogens is 1. The molecule has 1 saturated heterocycles. The van der Waals surface area contributed by atoms with Crippen LogP contribution in [0.15, 0.2) is 30.3 Å². The van der Waals surface area contributed by atoms with Gasteiger partial charge in [0.2, 0.25) is 0 Å². The monoisotopic (exact) mass is 459 g/mol. The van der Waals surface area contributed by atoms with Gasteiger partial charge in [-0.2, -0.15) is 0 Å². The summed E-state index contributed by atoms with van der Waals surface area (Å²) < 4.78 is 11.0. The fourth-order valence-corrected chi connectivity index (χ4v) is 3.74. The maximum absolute atomic E-state index is 12.6. The molecule has 1 aliphatic rings. The Kier molecular flexibility index (Phi) is 6.35. The molecule has 1 fully saturated rings. The SMILES string of the molecule is C[C@@H]1OC(=O)N([C@H](C)c2ccccc2)[C@@H](CC(=O)OC(C)(C)C)[C@H]1I. The molecule has 2 rings (SSSR count). The van der Waals surface area contributed by atoms with E-state index in [4.69, 9.17) is 9.47 Å². The molecule has 0 radical (unpaired) electrons. The standard InChI is InChI=1S/C19H26INO4/c1-12(14-9-7-6-8-10-14)21-15(11-16(22)25-19(3,4)5)17(20)13(2)24-18(21)23/h6-10,12-13,15,17H,11H2,1-5H3/t12-,13+,15+,17+/m1/s1. The number of carbonyl (C=O) groups is 2. The van der Waals surface area contributed by atoms with E-state index < -0.39 is 5.60 Å². The molecule has 0 spiro atoms. The van der Waals surface area contributed by atoms with Crippen LogP contribution in [0.3, 0.4) is 0 Å². The van der Waals surface area contributed by atoms with E-state index in [1.54, 1.807) is 4.90 Å². The second kappa shape index (κ2) is 7.93. The molecule has 0 aromatic heterocycles. The number of carbonyl (C=O) groups excluding carboxylic acids is 2. The van der Waals surface area contributed by atoms with E-state index in [0.717, 1.165) is 5.56 Å². The molecule has 0 unspecified atom stereocenters. The van der Waals surface area contributed by atoms with Gasteiger partial charge >= 0.3 is 12.1 Å². The van der Waals surface area contributed by atoms with Gasteiger partial charge in [-0.15, -0.1) is 0 Å². The molecule has 1 aromatic rings. The third-order valence-corrected chi connectivity index (χ3v) is 6.01. The lowest BCUT2D eigenvalue weighted by Crippen LogP contribution is -2.56. The Balaban J connectivity index is 2.26. The Morgan fingerprint density at radius 1 is 1.32 bits per heavy atom. The van der Waals surface area contributed by atoms with E-state index in [2.05, 4.69) is 22.6 Å². The van der Waals surface area contributed by atoms with Crippen LogP contribution in [-0.4, -0.2) is 38.6 Å². The lowest BCUT2D eigenvalue weighted by atomic mass is 9.98. The summed E-state index contributed by atoms with van der Waals surface area (Å²) in [5.74, 6) is -0.300. The highest BCUT2D eigenvalue weighted by Gasteiger charge is 2.44. The minimum Gasteiger partial charge on any atom is -0.460 e. The summed E-state index contributed by atoms with van der Waals surface area (Å²) in [4.78, 5) is 26.7. The van der Waals surface area contributed by atoms with Gasteiger partial charge in [0.25, 0.3) is 0 Å². The zero-order chi connectivity index (χ0) is 18.8. The van der Waals surface area contributed by atoms with Crippen LogP contribution in [0, 0.1) is 0 Å². The molecular weight excluding hydrogens is 433 g/mol. The molecule has 25 heavy (non-hydrogen) atoms. The lowest BCUT2D eigenvalue weighted by molar-refractivity contribution is -0.156. The topological polar surface area (TPSA) is 55.8 Å². The van der Waals surface area contributed by atoms with Crippen LogP contribution in [0.1, 0.15) is 52.6 Å². The van der Waals surface area contributed by atoms with Gasteiger partial charge < -0.3 is 9.47 Å². The van der Waals surface area contributed by atoms with Crippen LogP contribution in [0.4, 0.5) is 4.79 Å². The predicted octanol–water partition coefficient (Wildman–Crippen LogP) is 4.49. The van der Waals surface area contributed by atoms with Gasteiger partial charge in [0.1, 0.15) is 11.7 Å². The number of amides is 1. The Bertz CT molecular complexity index is 614. The summed E-state index contributed by atoms with van der Waals surface area (Å²) in [5.41, 5.74) is 0.459. The second-order valence-electron chi connectivity index (χ2n) is 7.39. The molecule has 5 nitrogen and oxygen atoms in total. The smallest absolute Gasteiger partial charge is 0.410 e. The first-order chi connectivity index (χ1) is 11.6. The Morgan fingerprint density at radius 2 is 1.92 bits per heavy atom. The van der Waals surface area contributed by atoms with Gasteiger partial charge in [-0.25, -0.2) is 4.79 Å². The molecular formula is C19H26INO4. The number of hydrogen-bond acceptors (Lipinski definition) is 4. The van der Waals surface area contributed by atoms with Crippen molar-refractivity contribution in [3.63, 3.8) is 0 Å². The van der Waals surface area contributed by atoms with Crippen molar-refractivity contribution in [3.8, 4) is 0 Å². The zero-order valence-corrected chi connectivity index (χ0v) is 17.5. The summed E-state index contributed by atoms with van der Waals surface area (Å²) in [6.07, 6.45) is -0.480. The Hall–Kier alpha value is -1.31. The molecule has 1 aromatic carbocycles. The third kappa shape index (κ3) is 5.09. The fraction of sp³-hybridized carbons (Fsp3) is 0.579. The number of ether oxygens (including phenoxy) is 2. The first-order valence-corrected chi connectivity index (χ1v) is 9.74. The number of benzene rings is 1. The van der Waals surface area contributed by atoms with Crippen LogP contribution in [0.5, 0.6) is 0 Å². The van der Waals surface area contributed by atoms with Crippen LogP contribution in [0.2, 0.25) is 0 Å². The molecule has 0 N–H and O–H groups in total. The summed E-state index contributed by atoms with van der Waals surface area (Å²) in [6, 6.07) is 9.30. The van der Waals surface area contributed by atoms with Gasteiger partial charge in [0, 0.05) is 0 Å². The van der Waals surface area contributed by atoms with Crippen molar-refractivity contribution in [2.24, 2.45) is 0 Å². The van der Waals surface area contributed by atoms with Crippen LogP contribution < -0.4 is 0 Å². The average molecular weight is 459 g/mol. The van der Waals surface area contributed by atoms with Crippen molar-refractivity contribution in [1.29, 1.82) is 0 Å². The van der Waals surface area contributed by atoms with Crippen molar-refractivity contribution < 1.29 is 19.1 Å². The summed E-state index contributed by atoms with van der Waals surface area (Å²) in [7, 11) is 0. The molecule has 138 valence electrons. The highest BCUT2D eigenvalue weighted by molar-refractivity contribution is 14.1. The van der Waals surface area contributed by atoms with Gasteiger partial charge in [-0.1, -0.05) is 52.9 Å². The Morgan fingerprint density at radius 3 is 2.48 bits per heavy atom. The average Bonchev–Trinajstić information content (AvgIpc) is 2.51. The maximum Gasteiger partial charge on any atom is 0.410 e. The maximum atomic E-state index is 12.6. The van der Waals surface area contributed by atoms with Gasteiger partial charge in [0.05, 0.1) is 22.4 Å². The molecule has 0 aliphatic carbocycles. The molecule has 0 bridgehead atoms. The molecule has 1 heterocycles. The van der Waals surface area contributed by atoms with Gasteiger partial charge in [-0.3, -0.25) is 9.69 Å². The number of esters is 1. The molecule has 1 amide bonds. The third-order valence-electron chi connectivity index (χ3n) is 4.17. The molecule has 4 atom stereocenters. The van der Waals surface area contributed by atoms with Crippen molar-refractivity contribution in [1.82, 2.24) is 4.90 Å². The van der Waals surface area contributed by atoms with Crippen molar-refractivity contribution >= 4 is 34.7 Å². The molecule has 6 heteroatoms. The number of alkyl halides is 1. The predicted molar refractivity (Wildman–Crippen MR) is 105 cm³/mol. The van der Waals surface area contributed by atoms with Crippen LogP contribution in [0.25, 0.3) is 0 Å². The summed E-state index contributed by atoms with van der Waals surface area (Å²) >= 11 is 2.27. The summed E-state index contributed by atoms with van der Waals surface area (Å²) in [5, 5.41) is 0. The largest absolute Gasteiger partial charge is 0.460 e. The van der Waals surface area contributed by atoms with E-state index in [-0.39, 0.29) is 40.6 Å². The minimum absolute atomic E-state index is 0.00557. The van der Waals surface area contributed by atoms with E-state index in [1.165, 1.54) is 0 Å². The molecule has 1 aliphatic heterocycles. The van der Waals surface area contributed by atoms with Crippen molar-refractivity contribution in [2.45, 2.75) is 68.8 Å². The summed E-state index contributed by atoms with van der Waals surface area (Å²) in [6.45, 7) is 9.34. The van der Waals surface area contributed by atoms with E-state index in [1.807, 2.05) is 65.0 Å². The first kappa shape index (κ1) is 20.0. The van der Waals surface area contributed by atoms with Crippen LogP contribution >= 0.6 is 22.6 Å². The lowest BCUT2D eigenvalue weighted by Gasteiger charge is -2.44. The van der Waals surface area contributed by atoms with Gasteiger partial charge in [-0.05, 0) is 40.2 Å². The molecule has 0 saturated carbocycles. The number of nitrogens with zero attached hydrogens (tertiary/aromatic N) is 1. The van der Waals surface area contributed by atoms with Gasteiger partial charge in [0.15, 0.2) is 0 Å². The zero-order valence-electron chi connectivity index (χ0n) is 15.4. The second-order valence-corrected chi connectivity index (χ2v) is 8.82. The van der Waals surface area contributed by atoms with E-state index >= 15 is 0 Å². The van der Waals surface area contributed by atoms with Crippen molar-refractivity contribution in [2.75, 3.05) is 0 Å². The van der Waals surface area contributed by atoms with Crippen molar-refractivity contribution in [3.05, 3.63) is 35.9 Å². The fourth-order valence-electron chi connectivity index (χ4n) is 2.99. The quantitative estimate of drug-likeness (QED) is 0.378. The normalized spacial score (nSPS) is 25.3. The van der Waals surface area contributed by atoms with Crippen LogP contribution in [-0.2, 0) is 14.3 Å². The number of hydrogen-bond donors (Lipinski definition) is 0. The highest BCUT2D eigenvalue weighted by Crippen LogP contribution is 2.35. The Labute approximate surface area is 163 Å². The van der Waals surface area contributed by atoms with E-state index in [0.29, 0.717) is 0 Å².